The Balaban J connectivity index is 3.36. The first-order valence-electron chi connectivity index (χ1n) is 8.32. The predicted octanol–water partition coefficient (Wildman–Crippen LogP) is 3.62. The summed E-state index contributed by atoms with van der Waals surface area (Å²) in [5.74, 6) is -1.03. The van der Waals surface area contributed by atoms with Crippen LogP contribution in [0.5, 0.6) is 0 Å². The van der Waals surface area contributed by atoms with Crippen molar-refractivity contribution in [1.29, 1.82) is 0 Å². The van der Waals surface area contributed by atoms with E-state index in [2.05, 4.69) is 5.32 Å². The Morgan fingerprint density at radius 3 is 2.24 bits per heavy atom. The smallest absolute Gasteiger partial charge is 0.341 e. The van der Waals surface area contributed by atoms with Gasteiger partial charge in [-0.15, -0.1) is 11.3 Å². The molecule has 2 amide bonds. The van der Waals surface area contributed by atoms with Crippen LogP contribution in [0.3, 0.4) is 0 Å². The highest BCUT2D eigenvalue weighted by Crippen LogP contribution is 2.34. The Hall–Kier alpha value is -2.15. The van der Waals surface area contributed by atoms with Gasteiger partial charge in [-0.05, 0) is 47.1 Å². The van der Waals surface area contributed by atoms with Gasteiger partial charge >= 0.3 is 5.97 Å². The number of thiophene rings is 1. The number of anilines is 1. The molecule has 0 aliphatic rings. The van der Waals surface area contributed by atoms with E-state index in [1.807, 2.05) is 13.8 Å². The van der Waals surface area contributed by atoms with Crippen LogP contribution >= 0.6 is 11.3 Å². The average Bonchev–Trinajstić information content (AvgIpc) is 2.84. The molecule has 0 spiro atoms. The highest BCUT2D eigenvalue weighted by molar-refractivity contribution is 7.18. The summed E-state index contributed by atoms with van der Waals surface area (Å²) in [6, 6.07) is 0. The van der Waals surface area contributed by atoms with Crippen LogP contribution in [0.1, 0.15) is 60.2 Å². The van der Waals surface area contributed by atoms with E-state index >= 15 is 0 Å². The van der Waals surface area contributed by atoms with Crippen LogP contribution < -0.4 is 5.32 Å². The minimum absolute atomic E-state index is 0.152. The molecule has 0 atom stereocenters. The molecule has 0 radical (unpaired) electrons. The van der Waals surface area contributed by atoms with E-state index in [-0.39, 0.29) is 24.0 Å². The number of carbonyl (C=O) groups is 3. The van der Waals surface area contributed by atoms with Crippen molar-refractivity contribution in [1.82, 2.24) is 4.90 Å². The van der Waals surface area contributed by atoms with Crippen molar-refractivity contribution < 1.29 is 19.1 Å². The third kappa shape index (κ3) is 5.16. The fraction of sp³-hybridized carbons (Fsp3) is 0.500. The van der Waals surface area contributed by atoms with E-state index in [1.165, 1.54) is 6.08 Å². The molecular formula is C18H26N2O4S. The number of nitrogens with zero attached hydrogens (tertiary/aromatic N) is 1. The number of nitrogens with one attached hydrogen (secondary N) is 1. The third-order valence-electron chi connectivity index (χ3n) is 3.53. The summed E-state index contributed by atoms with van der Waals surface area (Å²) in [5, 5.41) is 3.05. The van der Waals surface area contributed by atoms with E-state index in [9.17, 15) is 14.4 Å². The summed E-state index contributed by atoms with van der Waals surface area (Å²) >= 11 is 1.11. The molecule has 0 fully saturated rings. The molecule has 1 aromatic rings. The Morgan fingerprint density at radius 1 is 1.16 bits per heavy atom. The number of allylic oxidation sites excluding steroid dienone is 1. The van der Waals surface area contributed by atoms with Gasteiger partial charge in [-0.3, -0.25) is 9.59 Å². The molecule has 0 saturated carbocycles. The van der Waals surface area contributed by atoms with Crippen molar-refractivity contribution in [3.8, 4) is 0 Å². The average molecular weight is 366 g/mol. The second-order valence-electron chi connectivity index (χ2n) is 5.67. The zero-order chi connectivity index (χ0) is 19.1. The first-order chi connectivity index (χ1) is 11.8. The third-order valence-corrected chi connectivity index (χ3v) is 4.72. The zero-order valence-corrected chi connectivity index (χ0v) is 16.5. The lowest BCUT2D eigenvalue weighted by Crippen LogP contribution is -2.30. The van der Waals surface area contributed by atoms with Crippen molar-refractivity contribution in [3.63, 3.8) is 0 Å². The lowest BCUT2D eigenvalue weighted by atomic mass is 10.1. The molecule has 0 aliphatic heterocycles. The van der Waals surface area contributed by atoms with Gasteiger partial charge in [0.2, 0.25) is 5.91 Å². The van der Waals surface area contributed by atoms with E-state index in [0.29, 0.717) is 28.5 Å². The van der Waals surface area contributed by atoms with Gasteiger partial charge in [0.15, 0.2) is 0 Å². The molecule has 0 aliphatic carbocycles. The molecule has 0 unspecified atom stereocenters. The number of ether oxygens (including phenoxy) is 1. The molecule has 138 valence electrons. The summed E-state index contributed by atoms with van der Waals surface area (Å²) in [6.45, 7) is 12.2. The number of rotatable bonds is 7. The SMILES string of the molecule is CCOC(=O)c1c(NC(=O)C=C(C)C)sc(C(=O)N(CC)CC)c1C. The quantitative estimate of drug-likeness (QED) is 0.591. The second kappa shape index (κ2) is 9.36. The van der Waals surface area contributed by atoms with Gasteiger partial charge in [-0.25, -0.2) is 4.79 Å². The number of hydrogen-bond donors (Lipinski definition) is 1. The Morgan fingerprint density at radius 2 is 1.76 bits per heavy atom. The molecule has 25 heavy (non-hydrogen) atoms. The molecular weight excluding hydrogens is 340 g/mol. The van der Waals surface area contributed by atoms with Gasteiger partial charge in [-0.2, -0.15) is 0 Å². The summed E-state index contributed by atoms with van der Waals surface area (Å²) in [5.41, 5.74) is 1.62. The Kier molecular flexibility index (Phi) is 7.83. The van der Waals surface area contributed by atoms with Crippen LogP contribution in [0.15, 0.2) is 11.6 Å². The number of carbonyl (C=O) groups excluding carboxylic acids is 3. The molecule has 0 bridgehead atoms. The summed E-state index contributed by atoms with van der Waals surface area (Å²) in [4.78, 5) is 39.2. The largest absolute Gasteiger partial charge is 0.462 e. The second-order valence-corrected chi connectivity index (χ2v) is 6.69. The van der Waals surface area contributed by atoms with Crippen molar-refractivity contribution in [3.05, 3.63) is 27.7 Å². The fourth-order valence-corrected chi connectivity index (χ4v) is 3.48. The fourth-order valence-electron chi connectivity index (χ4n) is 2.32. The zero-order valence-electron chi connectivity index (χ0n) is 15.7. The number of esters is 1. The highest BCUT2D eigenvalue weighted by Gasteiger charge is 2.27. The van der Waals surface area contributed by atoms with Crippen LogP contribution in [0.25, 0.3) is 0 Å². The molecule has 1 rings (SSSR count). The van der Waals surface area contributed by atoms with Crippen LogP contribution in [0, 0.1) is 6.92 Å². The molecule has 0 aromatic carbocycles. The standard InChI is InChI=1S/C18H26N2O4S/c1-7-20(8-2)17(22)15-12(6)14(18(23)24-9-3)16(25-15)19-13(21)10-11(4)5/h10H,7-9H2,1-6H3,(H,19,21). The van der Waals surface area contributed by atoms with E-state index in [1.54, 1.807) is 32.6 Å². The molecule has 1 heterocycles. The normalized spacial score (nSPS) is 10.2. The van der Waals surface area contributed by atoms with Gasteiger partial charge in [0, 0.05) is 19.2 Å². The Labute approximate surface area is 152 Å². The predicted molar refractivity (Wildman–Crippen MR) is 100 cm³/mol. The molecule has 7 heteroatoms. The van der Waals surface area contributed by atoms with Crippen LogP contribution in [0.2, 0.25) is 0 Å². The monoisotopic (exact) mass is 366 g/mol. The van der Waals surface area contributed by atoms with Crippen LogP contribution in [-0.4, -0.2) is 42.4 Å². The van der Waals surface area contributed by atoms with Gasteiger partial charge < -0.3 is 15.0 Å². The number of hydrogen-bond acceptors (Lipinski definition) is 5. The van der Waals surface area contributed by atoms with Gasteiger partial charge in [-0.1, -0.05) is 5.57 Å². The van der Waals surface area contributed by atoms with Crippen molar-refractivity contribution in [2.75, 3.05) is 25.0 Å². The number of amides is 2. The summed E-state index contributed by atoms with van der Waals surface area (Å²) in [6.07, 6.45) is 1.44. The van der Waals surface area contributed by atoms with E-state index in [0.717, 1.165) is 16.9 Å². The summed E-state index contributed by atoms with van der Waals surface area (Å²) < 4.78 is 5.09. The van der Waals surface area contributed by atoms with Crippen LogP contribution in [-0.2, 0) is 9.53 Å². The van der Waals surface area contributed by atoms with Crippen molar-refractivity contribution in [2.45, 2.75) is 41.5 Å². The van der Waals surface area contributed by atoms with Gasteiger partial charge in [0.05, 0.1) is 17.0 Å². The lowest BCUT2D eigenvalue weighted by Gasteiger charge is -2.18. The molecule has 6 nitrogen and oxygen atoms in total. The summed E-state index contributed by atoms with van der Waals surface area (Å²) in [7, 11) is 0. The maximum atomic E-state index is 12.7. The van der Waals surface area contributed by atoms with Gasteiger partial charge in [0.25, 0.3) is 5.91 Å². The maximum absolute atomic E-state index is 12.7. The molecule has 1 N–H and O–H groups in total. The van der Waals surface area contributed by atoms with E-state index < -0.39 is 5.97 Å². The molecule has 0 saturated heterocycles. The van der Waals surface area contributed by atoms with Crippen molar-refractivity contribution >= 4 is 34.1 Å². The minimum Gasteiger partial charge on any atom is -0.462 e. The van der Waals surface area contributed by atoms with Gasteiger partial charge in [0.1, 0.15) is 5.00 Å². The first-order valence-corrected chi connectivity index (χ1v) is 9.13. The van der Waals surface area contributed by atoms with E-state index in [4.69, 9.17) is 4.74 Å². The maximum Gasteiger partial charge on any atom is 0.341 e. The lowest BCUT2D eigenvalue weighted by molar-refractivity contribution is -0.111. The first kappa shape index (κ1) is 20.9. The Bertz CT molecular complexity index is 683. The molecule has 1 aromatic heterocycles. The van der Waals surface area contributed by atoms with Crippen molar-refractivity contribution in [2.24, 2.45) is 0 Å². The highest BCUT2D eigenvalue weighted by atomic mass is 32.1. The van der Waals surface area contributed by atoms with Crippen LogP contribution in [0.4, 0.5) is 5.00 Å². The topological polar surface area (TPSA) is 75.7 Å². The minimum atomic E-state index is -0.539.